The minimum Gasteiger partial charge on any atom is -0.353 e. The summed E-state index contributed by atoms with van der Waals surface area (Å²) in [5.41, 5.74) is 2.31. The lowest BCUT2D eigenvalue weighted by Crippen LogP contribution is -2.48. The lowest BCUT2D eigenvalue weighted by molar-refractivity contribution is -0.121. The van der Waals surface area contributed by atoms with Crippen LogP contribution >= 0.6 is 12.4 Å². The molecule has 0 saturated carbocycles. The number of piperidine rings is 1. The number of halogens is 1. The standard InChI is InChI=1S/C15H22N2O.ClH/c1-11-3-5-13(6-4-11)9-15(18)17-14-7-8-16-10-12(14)2;/h3-6,12,14,16H,7-10H2,1-2H3,(H,17,18);1H. The highest BCUT2D eigenvalue weighted by Gasteiger charge is 2.22. The summed E-state index contributed by atoms with van der Waals surface area (Å²) in [6.45, 7) is 6.23. The lowest BCUT2D eigenvalue weighted by atomic mass is 9.95. The quantitative estimate of drug-likeness (QED) is 0.891. The molecule has 1 fully saturated rings. The molecule has 3 nitrogen and oxygen atoms in total. The Kier molecular flexibility index (Phi) is 6.32. The van der Waals surface area contributed by atoms with E-state index in [1.165, 1.54) is 5.56 Å². The maximum atomic E-state index is 12.0. The van der Waals surface area contributed by atoms with Crippen molar-refractivity contribution in [3.8, 4) is 0 Å². The number of hydrogen-bond acceptors (Lipinski definition) is 2. The van der Waals surface area contributed by atoms with Crippen LogP contribution in [-0.4, -0.2) is 25.0 Å². The van der Waals surface area contributed by atoms with Gasteiger partial charge in [0, 0.05) is 6.04 Å². The molecule has 2 unspecified atom stereocenters. The Morgan fingerprint density at radius 1 is 1.37 bits per heavy atom. The summed E-state index contributed by atoms with van der Waals surface area (Å²) in [4.78, 5) is 12.0. The summed E-state index contributed by atoms with van der Waals surface area (Å²) in [5.74, 6) is 0.651. The summed E-state index contributed by atoms with van der Waals surface area (Å²) in [6, 6.07) is 8.48. The van der Waals surface area contributed by atoms with E-state index in [-0.39, 0.29) is 18.3 Å². The molecule has 0 aliphatic carbocycles. The van der Waals surface area contributed by atoms with Gasteiger partial charge in [-0.1, -0.05) is 36.8 Å². The number of rotatable bonds is 3. The molecule has 1 heterocycles. The van der Waals surface area contributed by atoms with Crippen molar-refractivity contribution < 1.29 is 4.79 Å². The smallest absolute Gasteiger partial charge is 0.224 e. The van der Waals surface area contributed by atoms with Crippen LogP contribution in [0.4, 0.5) is 0 Å². The molecule has 1 aromatic rings. The SMILES string of the molecule is Cc1ccc(CC(=O)NC2CCNCC2C)cc1.Cl. The minimum absolute atomic E-state index is 0. The van der Waals surface area contributed by atoms with Crippen LogP contribution in [0.2, 0.25) is 0 Å². The third-order valence-corrected chi connectivity index (χ3v) is 3.62. The summed E-state index contributed by atoms with van der Waals surface area (Å²) >= 11 is 0. The number of aryl methyl sites for hydroxylation is 1. The van der Waals surface area contributed by atoms with Crippen LogP contribution in [0.25, 0.3) is 0 Å². The van der Waals surface area contributed by atoms with Crippen molar-refractivity contribution in [2.75, 3.05) is 13.1 Å². The molecule has 2 N–H and O–H groups in total. The van der Waals surface area contributed by atoms with Crippen molar-refractivity contribution in [2.45, 2.75) is 32.7 Å². The van der Waals surface area contributed by atoms with Gasteiger partial charge in [0.25, 0.3) is 0 Å². The Bertz CT molecular complexity index is 405. The van der Waals surface area contributed by atoms with Crippen LogP contribution < -0.4 is 10.6 Å². The molecule has 0 bridgehead atoms. The fourth-order valence-electron chi connectivity index (χ4n) is 2.38. The molecule has 0 aromatic heterocycles. The van der Waals surface area contributed by atoms with Gasteiger partial charge in [0.1, 0.15) is 0 Å². The maximum Gasteiger partial charge on any atom is 0.224 e. The number of nitrogens with one attached hydrogen (secondary N) is 2. The molecule has 0 radical (unpaired) electrons. The highest BCUT2D eigenvalue weighted by molar-refractivity contribution is 5.85. The first-order valence-electron chi connectivity index (χ1n) is 6.71. The van der Waals surface area contributed by atoms with Gasteiger partial charge in [-0.2, -0.15) is 0 Å². The van der Waals surface area contributed by atoms with E-state index in [1.54, 1.807) is 0 Å². The molecule has 1 amide bonds. The van der Waals surface area contributed by atoms with Crippen LogP contribution in [0.3, 0.4) is 0 Å². The maximum absolute atomic E-state index is 12.0. The van der Waals surface area contributed by atoms with E-state index in [9.17, 15) is 4.79 Å². The van der Waals surface area contributed by atoms with Crippen molar-refractivity contribution in [1.82, 2.24) is 10.6 Å². The van der Waals surface area contributed by atoms with E-state index in [1.807, 2.05) is 12.1 Å². The Labute approximate surface area is 121 Å². The number of carbonyl (C=O) groups excluding carboxylic acids is 1. The van der Waals surface area contributed by atoms with Gasteiger partial charge in [0.05, 0.1) is 6.42 Å². The zero-order valence-electron chi connectivity index (χ0n) is 11.6. The molecule has 0 spiro atoms. The molecule has 106 valence electrons. The zero-order valence-corrected chi connectivity index (χ0v) is 12.4. The molecular formula is C15H23ClN2O. The van der Waals surface area contributed by atoms with Gasteiger partial charge in [-0.25, -0.2) is 0 Å². The Morgan fingerprint density at radius 3 is 2.68 bits per heavy atom. The van der Waals surface area contributed by atoms with Crippen LogP contribution in [0.5, 0.6) is 0 Å². The molecule has 2 atom stereocenters. The molecule has 1 aliphatic rings. The fraction of sp³-hybridized carbons (Fsp3) is 0.533. The number of amides is 1. The van der Waals surface area contributed by atoms with Gasteiger partial charge in [-0.3, -0.25) is 4.79 Å². The molecule has 1 aliphatic heterocycles. The van der Waals surface area contributed by atoms with Gasteiger partial charge >= 0.3 is 0 Å². The molecular weight excluding hydrogens is 260 g/mol. The fourth-order valence-corrected chi connectivity index (χ4v) is 2.38. The Balaban J connectivity index is 0.00000180. The predicted molar refractivity (Wildman–Crippen MR) is 80.7 cm³/mol. The second kappa shape index (κ2) is 7.51. The third kappa shape index (κ3) is 4.84. The van der Waals surface area contributed by atoms with Crippen molar-refractivity contribution in [1.29, 1.82) is 0 Å². The van der Waals surface area contributed by atoms with E-state index < -0.39 is 0 Å². The third-order valence-electron chi connectivity index (χ3n) is 3.62. The van der Waals surface area contributed by atoms with Crippen molar-refractivity contribution in [2.24, 2.45) is 5.92 Å². The van der Waals surface area contributed by atoms with E-state index in [0.29, 0.717) is 18.4 Å². The van der Waals surface area contributed by atoms with Crippen LogP contribution in [0.15, 0.2) is 24.3 Å². The van der Waals surface area contributed by atoms with E-state index >= 15 is 0 Å². The predicted octanol–water partition coefficient (Wildman–Crippen LogP) is 2.07. The first-order valence-corrected chi connectivity index (χ1v) is 6.71. The van der Waals surface area contributed by atoms with Gasteiger partial charge in [-0.15, -0.1) is 12.4 Å². The first-order chi connectivity index (χ1) is 8.65. The van der Waals surface area contributed by atoms with E-state index in [2.05, 4.69) is 36.6 Å². The molecule has 4 heteroatoms. The highest BCUT2D eigenvalue weighted by Crippen LogP contribution is 2.11. The van der Waals surface area contributed by atoms with E-state index in [4.69, 9.17) is 0 Å². The highest BCUT2D eigenvalue weighted by atomic mass is 35.5. The van der Waals surface area contributed by atoms with Gasteiger partial charge in [0.15, 0.2) is 0 Å². The Hall–Kier alpha value is -1.06. The number of benzene rings is 1. The van der Waals surface area contributed by atoms with Crippen LogP contribution in [0.1, 0.15) is 24.5 Å². The monoisotopic (exact) mass is 282 g/mol. The second-order valence-corrected chi connectivity index (χ2v) is 5.31. The van der Waals surface area contributed by atoms with Crippen LogP contribution in [0, 0.1) is 12.8 Å². The van der Waals surface area contributed by atoms with Gasteiger partial charge in [-0.05, 0) is 37.9 Å². The largest absolute Gasteiger partial charge is 0.353 e. The van der Waals surface area contributed by atoms with Gasteiger partial charge < -0.3 is 10.6 Å². The van der Waals surface area contributed by atoms with Crippen molar-refractivity contribution in [3.63, 3.8) is 0 Å². The molecule has 2 rings (SSSR count). The molecule has 19 heavy (non-hydrogen) atoms. The first kappa shape index (κ1) is 16.0. The number of carbonyl (C=O) groups is 1. The van der Waals surface area contributed by atoms with Crippen molar-refractivity contribution in [3.05, 3.63) is 35.4 Å². The molecule has 1 aromatic carbocycles. The zero-order chi connectivity index (χ0) is 13.0. The Morgan fingerprint density at radius 2 is 2.05 bits per heavy atom. The summed E-state index contributed by atoms with van der Waals surface area (Å²) in [6.07, 6.45) is 1.51. The summed E-state index contributed by atoms with van der Waals surface area (Å²) in [5, 5.41) is 6.50. The normalized spacial score (nSPS) is 22.4. The lowest BCUT2D eigenvalue weighted by Gasteiger charge is -2.30. The average molecular weight is 283 g/mol. The number of hydrogen-bond donors (Lipinski definition) is 2. The average Bonchev–Trinajstić information content (AvgIpc) is 2.35. The van der Waals surface area contributed by atoms with Gasteiger partial charge in [0.2, 0.25) is 5.91 Å². The van der Waals surface area contributed by atoms with E-state index in [0.717, 1.165) is 25.1 Å². The summed E-state index contributed by atoms with van der Waals surface area (Å²) in [7, 11) is 0. The minimum atomic E-state index is 0. The van der Waals surface area contributed by atoms with Crippen LogP contribution in [-0.2, 0) is 11.2 Å². The molecule has 1 saturated heterocycles. The second-order valence-electron chi connectivity index (χ2n) is 5.31. The summed E-state index contributed by atoms with van der Waals surface area (Å²) < 4.78 is 0. The van der Waals surface area contributed by atoms with Crippen molar-refractivity contribution >= 4 is 18.3 Å². The topological polar surface area (TPSA) is 41.1 Å².